The van der Waals surface area contributed by atoms with Crippen LogP contribution in [0.5, 0.6) is 0 Å². The SMILES string of the molecule is O=C(Nc1ccc(-c2ccc3nc(CC(=O)[C@@H]4CCCN4)ccc3c2)cn1)C1CCCC1. The van der Waals surface area contributed by atoms with Crippen molar-refractivity contribution in [3.63, 3.8) is 0 Å². The predicted octanol–water partition coefficient (Wildman–Crippen LogP) is 4.29. The van der Waals surface area contributed by atoms with Crippen LogP contribution < -0.4 is 10.6 Å². The Morgan fingerprint density at radius 2 is 1.81 bits per heavy atom. The molecule has 5 rings (SSSR count). The first-order valence-electron chi connectivity index (χ1n) is 11.6. The topological polar surface area (TPSA) is 84.0 Å². The summed E-state index contributed by atoms with van der Waals surface area (Å²) >= 11 is 0. The van der Waals surface area contributed by atoms with Gasteiger partial charge in [-0.2, -0.15) is 0 Å². The maximum atomic E-state index is 12.4. The Bertz CT molecular complexity index is 1130. The van der Waals surface area contributed by atoms with Crippen molar-refractivity contribution in [3.8, 4) is 11.1 Å². The van der Waals surface area contributed by atoms with E-state index in [0.29, 0.717) is 12.2 Å². The van der Waals surface area contributed by atoms with Crippen LogP contribution in [0.25, 0.3) is 22.0 Å². The fraction of sp³-hybridized carbons (Fsp3) is 0.385. The zero-order valence-corrected chi connectivity index (χ0v) is 18.1. The van der Waals surface area contributed by atoms with E-state index in [4.69, 9.17) is 4.98 Å². The molecule has 1 saturated heterocycles. The zero-order chi connectivity index (χ0) is 21.9. The molecule has 1 aliphatic heterocycles. The van der Waals surface area contributed by atoms with Gasteiger partial charge in [0.1, 0.15) is 5.82 Å². The van der Waals surface area contributed by atoms with Crippen molar-refractivity contribution in [2.24, 2.45) is 5.92 Å². The third-order valence-electron chi connectivity index (χ3n) is 6.63. The normalized spacial score (nSPS) is 18.8. The van der Waals surface area contributed by atoms with E-state index >= 15 is 0 Å². The minimum atomic E-state index is -0.0201. The van der Waals surface area contributed by atoms with Crippen molar-refractivity contribution in [2.75, 3.05) is 11.9 Å². The second kappa shape index (κ2) is 9.17. The summed E-state index contributed by atoms with van der Waals surface area (Å²) < 4.78 is 0. The monoisotopic (exact) mass is 428 g/mol. The number of hydrogen-bond donors (Lipinski definition) is 2. The van der Waals surface area contributed by atoms with Crippen LogP contribution in [0.4, 0.5) is 5.82 Å². The number of amides is 1. The van der Waals surface area contributed by atoms with Crippen molar-refractivity contribution in [3.05, 3.63) is 54.4 Å². The summed E-state index contributed by atoms with van der Waals surface area (Å²) in [5.74, 6) is 1.02. The molecule has 164 valence electrons. The van der Waals surface area contributed by atoms with Crippen LogP contribution in [-0.4, -0.2) is 34.2 Å². The van der Waals surface area contributed by atoms with Gasteiger partial charge >= 0.3 is 0 Å². The molecule has 1 amide bonds. The molecule has 2 aromatic heterocycles. The molecule has 3 heterocycles. The van der Waals surface area contributed by atoms with Crippen LogP contribution in [0.2, 0.25) is 0 Å². The molecule has 1 saturated carbocycles. The lowest BCUT2D eigenvalue weighted by Gasteiger charge is -2.11. The number of anilines is 1. The van der Waals surface area contributed by atoms with Crippen molar-refractivity contribution < 1.29 is 9.59 Å². The molecule has 6 heteroatoms. The Morgan fingerprint density at radius 3 is 2.56 bits per heavy atom. The van der Waals surface area contributed by atoms with E-state index in [9.17, 15) is 9.59 Å². The molecule has 1 aromatic carbocycles. The highest BCUT2D eigenvalue weighted by molar-refractivity contribution is 5.92. The fourth-order valence-corrected chi connectivity index (χ4v) is 4.76. The second-order valence-corrected chi connectivity index (χ2v) is 8.90. The number of Topliss-reactive ketones (excluding diaryl/α,β-unsaturated/α-hetero) is 1. The van der Waals surface area contributed by atoms with Crippen molar-refractivity contribution in [1.29, 1.82) is 0 Å². The summed E-state index contributed by atoms with van der Waals surface area (Å²) in [7, 11) is 0. The molecule has 3 aromatic rings. The van der Waals surface area contributed by atoms with Crippen LogP contribution in [0.15, 0.2) is 48.7 Å². The number of benzene rings is 1. The van der Waals surface area contributed by atoms with E-state index in [0.717, 1.165) is 72.8 Å². The quantitative estimate of drug-likeness (QED) is 0.612. The second-order valence-electron chi connectivity index (χ2n) is 8.90. The molecule has 6 nitrogen and oxygen atoms in total. The summed E-state index contributed by atoms with van der Waals surface area (Å²) in [4.78, 5) is 33.9. The van der Waals surface area contributed by atoms with Gasteiger partial charge in [-0.1, -0.05) is 25.0 Å². The number of carbonyl (C=O) groups excluding carboxylic acids is 2. The van der Waals surface area contributed by atoms with E-state index in [2.05, 4.69) is 21.7 Å². The lowest BCUT2D eigenvalue weighted by molar-refractivity contribution is -0.120. The molecule has 32 heavy (non-hydrogen) atoms. The van der Waals surface area contributed by atoms with Crippen LogP contribution in [0.3, 0.4) is 0 Å². The molecule has 2 fully saturated rings. The molecule has 1 atom stereocenters. The molecular formula is C26H28N4O2. The van der Waals surface area contributed by atoms with Gasteiger partial charge in [0.05, 0.1) is 18.0 Å². The third kappa shape index (κ3) is 4.55. The van der Waals surface area contributed by atoms with Gasteiger partial charge in [-0.25, -0.2) is 4.98 Å². The lowest BCUT2D eigenvalue weighted by atomic mass is 10.0. The molecule has 2 aliphatic rings. The van der Waals surface area contributed by atoms with Crippen LogP contribution in [-0.2, 0) is 16.0 Å². The maximum absolute atomic E-state index is 12.4. The van der Waals surface area contributed by atoms with Crippen molar-refractivity contribution in [1.82, 2.24) is 15.3 Å². The van der Waals surface area contributed by atoms with E-state index in [1.165, 1.54) is 0 Å². The molecule has 0 spiro atoms. The average Bonchev–Trinajstić information content (AvgIpc) is 3.54. The summed E-state index contributed by atoms with van der Waals surface area (Å²) in [5.41, 5.74) is 3.72. The highest BCUT2D eigenvalue weighted by Crippen LogP contribution is 2.27. The van der Waals surface area contributed by atoms with Gasteiger partial charge in [-0.3, -0.25) is 14.6 Å². The average molecular weight is 429 g/mol. The van der Waals surface area contributed by atoms with E-state index in [1.807, 2.05) is 36.4 Å². The molecule has 1 aliphatic carbocycles. The Morgan fingerprint density at radius 1 is 0.969 bits per heavy atom. The molecule has 0 unspecified atom stereocenters. The third-order valence-corrected chi connectivity index (χ3v) is 6.63. The number of rotatable bonds is 6. The van der Waals surface area contributed by atoms with Gasteiger partial charge in [0.2, 0.25) is 5.91 Å². The van der Waals surface area contributed by atoms with E-state index in [-0.39, 0.29) is 23.7 Å². The Labute approximate surface area is 187 Å². The molecule has 0 bridgehead atoms. The maximum Gasteiger partial charge on any atom is 0.228 e. The largest absolute Gasteiger partial charge is 0.310 e. The fourth-order valence-electron chi connectivity index (χ4n) is 4.76. The number of aromatic nitrogens is 2. The summed E-state index contributed by atoms with van der Waals surface area (Å²) in [6.07, 6.45) is 8.37. The van der Waals surface area contributed by atoms with E-state index in [1.54, 1.807) is 6.20 Å². The van der Waals surface area contributed by atoms with Gasteiger partial charge in [0.15, 0.2) is 5.78 Å². The summed E-state index contributed by atoms with van der Waals surface area (Å²) in [6, 6.07) is 13.9. The summed E-state index contributed by atoms with van der Waals surface area (Å²) in [6.45, 7) is 0.924. The number of pyridine rings is 2. The lowest BCUT2D eigenvalue weighted by Crippen LogP contribution is -2.32. The summed E-state index contributed by atoms with van der Waals surface area (Å²) in [5, 5.41) is 7.23. The van der Waals surface area contributed by atoms with Crippen LogP contribution >= 0.6 is 0 Å². The molecule has 2 N–H and O–H groups in total. The Balaban J connectivity index is 1.27. The minimum absolute atomic E-state index is 0.0201. The highest BCUT2D eigenvalue weighted by atomic mass is 16.2. The van der Waals surface area contributed by atoms with Crippen molar-refractivity contribution >= 4 is 28.4 Å². The minimum Gasteiger partial charge on any atom is -0.310 e. The van der Waals surface area contributed by atoms with Gasteiger partial charge in [-0.15, -0.1) is 0 Å². The first-order chi connectivity index (χ1) is 15.7. The Kier molecular flexibility index (Phi) is 5.95. The molecular weight excluding hydrogens is 400 g/mol. The zero-order valence-electron chi connectivity index (χ0n) is 18.1. The van der Waals surface area contributed by atoms with Gasteiger partial charge in [-0.05, 0) is 68.1 Å². The number of ketones is 1. The first kappa shape index (κ1) is 20.8. The highest BCUT2D eigenvalue weighted by Gasteiger charge is 2.23. The smallest absolute Gasteiger partial charge is 0.228 e. The number of nitrogens with one attached hydrogen (secondary N) is 2. The number of nitrogens with zero attached hydrogens (tertiary/aromatic N) is 2. The van der Waals surface area contributed by atoms with Crippen LogP contribution in [0.1, 0.15) is 44.2 Å². The van der Waals surface area contributed by atoms with E-state index < -0.39 is 0 Å². The Hall–Kier alpha value is -3.12. The van der Waals surface area contributed by atoms with Gasteiger partial charge < -0.3 is 10.6 Å². The first-order valence-corrected chi connectivity index (χ1v) is 11.6. The number of fused-ring (bicyclic) bond motifs is 1. The van der Waals surface area contributed by atoms with Gasteiger partial charge in [0.25, 0.3) is 0 Å². The number of hydrogen-bond acceptors (Lipinski definition) is 5. The van der Waals surface area contributed by atoms with Crippen molar-refractivity contribution in [2.45, 2.75) is 51.0 Å². The predicted molar refractivity (Wildman–Crippen MR) is 125 cm³/mol. The number of carbonyl (C=O) groups is 2. The molecule has 0 radical (unpaired) electrons. The van der Waals surface area contributed by atoms with Crippen LogP contribution in [0, 0.1) is 5.92 Å². The van der Waals surface area contributed by atoms with Gasteiger partial charge in [0, 0.05) is 28.8 Å². The standard InChI is InChI=1S/C26H28N4O2/c31-24(23-6-3-13-27-23)15-21-10-7-19-14-18(8-11-22(19)29-21)20-9-12-25(28-16-20)30-26(32)17-4-1-2-5-17/h7-12,14,16-17,23,27H,1-6,13,15H2,(H,28,30,32)/t23-/m0/s1.